The van der Waals surface area contributed by atoms with Crippen LogP contribution in [-0.2, 0) is 0 Å². The molecule has 1 amide bonds. The Morgan fingerprint density at radius 1 is 1.06 bits per heavy atom. The average molecular weight is 413 g/mol. The Labute approximate surface area is 179 Å². The maximum absolute atomic E-state index is 13.8. The maximum Gasteiger partial charge on any atom is 0.272 e. The van der Waals surface area contributed by atoms with E-state index in [2.05, 4.69) is 10.5 Å². The lowest BCUT2D eigenvalue weighted by Gasteiger charge is -2.12. The van der Waals surface area contributed by atoms with E-state index in [9.17, 15) is 9.18 Å². The molecule has 3 aromatic carbocycles. The molecule has 0 unspecified atom stereocenters. The lowest BCUT2D eigenvalue weighted by atomic mass is 10.0. The highest BCUT2D eigenvalue weighted by atomic mass is 19.1. The third-order valence-electron chi connectivity index (χ3n) is 4.70. The van der Waals surface area contributed by atoms with Crippen LogP contribution >= 0.6 is 0 Å². The van der Waals surface area contributed by atoms with Gasteiger partial charge in [0.2, 0.25) is 0 Å². The second kappa shape index (κ2) is 9.17. The molecule has 31 heavy (non-hydrogen) atoms. The summed E-state index contributed by atoms with van der Waals surface area (Å²) in [6.45, 7) is 2.43. The van der Waals surface area contributed by atoms with Crippen LogP contribution in [0, 0.1) is 5.82 Å². The predicted molar refractivity (Wildman–Crippen MR) is 120 cm³/mol. The summed E-state index contributed by atoms with van der Waals surface area (Å²) in [4.78, 5) is 17.7. The number of aromatic nitrogens is 1. The number of amides is 1. The summed E-state index contributed by atoms with van der Waals surface area (Å²) in [6, 6.07) is 22.9. The molecule has 4 aromatic rings. The van der Waals surface area contributed by atoms with Crippen LogP contribution < -0.4 is 10.2 Å². The van der Waals surface area contributed by atoms with Crippen LogP contribution in [-0.4, -0.2) is 23.7 Å². The molecular formula is C25H20FN3O2. The van der Waals surface area contributed by atoms with E-state index in [1.54, 1.807) is 24.3 Å². The fourth-order valence-corrected chi connectivity index (χ4v) is 3.26. The highest BCUT2D eigenvalue weighted by molar-refractivity contribution is 6.07. The number of hydrazone groups is 1. The van der Waals surface area contributed by atoms with Crippen LogP contribution in [0.1, 0.15) is 22.8 Å². The molecule has 1 aromatic heterocycles. The zero-order valence-electron chi connectivity index (χ0n) is 16.9. The number of ether oxygens (including phenoxy) is 1. The Morgan fingerprint density at radius 2 is 1.81 bits per heavy atom. The van der Waals surface area contributed by atoms with Crippen LogP contribution in [0.15, 0.2) is 84.0 Å². The Kier molecular flexibility index (Phi) is 5.98. The zero-order chi connectivity index (χ0) is 21.6. The first kappa shape index (κ1) is 20.2. The molecular weight excluding hydrogens is 393 g/mol. The van der Waals surface area contributed by atoms with Crippen molar-refractivity contribution in [1.29, 1.82) is 0 Å². The standard InChI is InChI=1S/C25H20FN3O2/c1-2-31-24-14-8-5-11-19(24)23-15-20(18-10-4-7-13-22(18)28-23)25(30)29-27-16-17-9-3-6-12-21(17)26/h3-16H,2H2,1H3,(H,29,30)/b27-16+. The summed E-state index contributed by atoms with van der Waals surface area (Å²) in [6.07, 6.45) is 1.28. The summed E-state index contributed by atoms with van der Waals surface area (Å²) in [5.41, 5.74) is 5.27. The van der Waals surface area contributed by atoms with E-state index in [1.807, 2.05) is 55.5 Å². The topological polar surface area (TPSA) is 63.6 Å². The number of carbonyl (C=O) groups is 1. The first-order chi connectivity index (χ1) is 15.2. The molecule has 0 saturated carbocycles. The molecule has 0 bridgehead atoms. The highest BCUT2D eigenvalue weighted by Crippen LogP contribution is 2.31. The summed E-state index contributed by atoms with van der Waals surface area (Å²) in [5, 5.41) is 4.62. The van der Waals surface area contributed by atoms with Crippen molar-refractivity contribution in [1.82, 2.24) is 10.4 Å². The second-order valence-electron chi connectivity index (χ2n) is 6.72. The van der Waals surface area contributed by atoms with Gasteiger partial charge >= 0.3 is 0 Å². The number of para-hydroxylation sites is 2. The summed E-state index contributed by atoms with van der Waals surface area (Å²) in [5.74, 6) is -0.136. The van der Waals surface area contributed by atoms with E-state index in [0.29, 0.717) is 34.5 Å². The number of hydrogen-bond acceptors (Lipinski definition) is 4. The lowest BCUT2D eigenvalue weighted by Crippen LogP contribution is -2.18. The van der Waals surface area contributed by atoms with Crippen LogP contribution in [0.25, 0.3) is 22.2 Å². The van der Waals surface area contributed by atoms with Crippen LogP contribution in [0.5, 0.6) is 5.75 Å². The molecule has 0 radical (unpaired) electrons. The van der Waals surface area contributed by atoms with Crippen molar-refractivity contribution < 1.29 is 13.9 Å². The number of hydrogen-bond donors (Lipinski definition) is 1. The van der Waals surface area contributed by atoms with Crippen LogP contribution in [0.2, 0.25) is 0 Å². The summed E-state index contributed by atoms with van der Waals surface area (Å²) < 4.78 is 19.5. The SMILES string of the molecule is CCOc1ccccc1-c1cc(C(=O)N/N=C/c2ccccc2F)c2ccccc2n1. The lowest BCUT2D eigenvalue weighted by molar-refractivity contribution is 0.0956. The molecule has 6 heteroatoms. The quantitative estimate of drug-likeness (QED) is 0.349. The first-order valence-corrected chi connectivity index (χ1v) is 9.87. The van der Waals surface area contributed by atoms with Crippen LogP contribution in [0.3, 0.4) is 0 Å². The maximum atomic E-state index is 13.8. The van der Waals surface area contributed by atoms with Crippen molar-refractivity contribution in [2.24, 2.45) is 5.10 Å². The molecule has 0 fully saturated rings. The average Bonchev–Trinajstić information content (AvgIpc) is 2.80. The van der Waals surface area contributed by atoms with Crippen LogP contribution in [0.4, 0.5) is 4.39 Å². The first-order valence-electron chi connectivity index (χ1n) is 9.87. The van der Waals surface area contributed by atoms with Gasteiger partial charge in [-0.3, -0.25) is 4.79 Å². The van der Waals surface area contributed by atoms with Gasteiger partial charge in [-0.1, -0.05) is 48.5 Å². The second-order valence-corrected chi connectivity index (χ2v) is 6.72. The van der Waals surface area contributed by atoms with Crippen molar-refractivity contribution in [3.05, 3.63) is 95.8 Å². The Balaban J connectivity index is 1.72. The fourth-order valence-electron chi connectivity index (χ4n) is 3.26. The van der Waals surface area contributed by atoms with E-state index in [1.165, 1.54) is 12.3 Å². The minimum absolute atomic E-state index is 0.286. The number of rotatable bonds is 6. The van der Waals surface area contributed by atoms with Gasteiger partial charge < -0.3 is 4.74 Å². The fraction of sp³-hybridized carbons (Fsp3) is 0.0800. The van der Waals surface area contributed by atoms with Crippen molar-refractivity contribution >= 4 is 23.0 Å². The third kappa shape index (κ3) is 4.43. The molecule has 1 N–H and O–H groups in total. The molecule has 0 atom stereocenters. The zero-order valence-corrected chi connectivity index (χ0v) is 16.9. The van der Waals surface area contributed by atoms with Gasteiger partial charge in [-0.2, -0.15) is 5.10 Å². The molecule has 0 saturated heterocycles. The highest BCUT2D eigenvalue weighted by Gasteiger charge is 2.15. The van der Waals surface area contributed by atoms with E-state index >= 15 is 0 Å². The number of nitrogens with one attached hydrogen (secondary N) is 1. The summed E-state index contributed by atoms with van der Waals surface area (Å²) >= 11 is 0. The van der Waals surface area contributed by atoms with Crippen molar-refractivity contribution in [3.8, 4) is 17.0 Å². The monoisotopic (exact) mass is 413 g/mol. The molecule has 0 aliphatic carbocycles. The van der Waals surface area contributed by atoms with Gasteiger partial charge in [0.05, 0.1) is 29.6 Å². The Hall–Kier alpha value is -4.06. The minimum Gasteiger partial charge on any atom is -0.493 e. The number of carbonyl (C=O) groups excluding carboxylic acids is 1. The number of nitrogens with zero attached hydrogens (tertiary/aromatic N) is 2. The third-order valence-corrected chi connectivity index (χ3v) is 4.70. The number of halogens is 1. The van der Waals surface area contributed by atoms with Gasteiger partial charge in [-0.25, -0.2) is 14.8 Å². The largest absolute Gasteiger partial charge is 0.493 e. The normalized spacial score (nSPS) is 11.0. The molecule has 4 rings (SSSR count). The van der Waals surface area contributed by atoms with Gasteiger partial charge in [0.1, 0.15) is 11.6 Å². The van der Waals surface area contributed by atoms with E-state index in [0.717, 1.165) is 5.56 Å². The molecule has 0 aliphatic heterocycles. The van der Waals surface area contributed by atoms with Gasteiger partial charge in [0.25, 0.3) is 5.91 Å². The Bertz CT molecular complexity index is 1270. The van der Waals surface area contributed by atoms with Gasteiger partial charge in [0, 0.05) is 16.5 Å². The minimum atomic E-state index is -0.415. The van der Waals surface area contributed by atoms with Gasteiger partial charge in [-0.15, -0.1) is 0 Å². The number of benzene rings is 3. The van der Waals surface area contributed by atoms with E-state index < -0.39 is 11.7 Å². The van der Waals surface area contributed by atoms with Crippen molar-refractivity contribution in [2.75, 3.05) is 6.61 Å². The van der Waals surface area contributed by atoms with Crippen molar-refractivity contribution in [3.63, 3.8) is 0 Å². The smallest absolute Gasteiger partial charge is 0.272 e. The molecule has 0 spiro atoms. The Morgan fingerprint density at radius 3 is 2.65 bits per heavy atom. The number of fused-ring (bicyclic) bond motifs is 1. The van der Waals surface area contributed by atoms with Crippen molar-refractivity contribution in [2.45, 2.75) is 6.92 Å². The van der Waals surface area contributed by atoms with E-state index in [-0.39, 0.29) is 5.56 Å². The summed E-state index contributed by atoms with van der Waals surface area (Å²) in [7, 11) is 0. The molecule has 5 nitrogen and oxygen atoms in total. The molecule has 1 heterocycles. The van der Waals surface area contributed by atoms with Gasteiger partial charge in [-0.05, 0) is 37.3 Å². The van der Waals surface area contributed by atoms with Gasteiger partial charge in [0.15, 0.2) is 0 Å². The predicted octanol–water partition coefficient (Wildman–Crippen LogP) is 5.20. The van der Waals surface area contributed by atoms with E-state index in [4.69, 9.17) is 9.72 Å². The molecule has 154 valence electrons. The molecule has 0 aliphatic rings. The number of pyridine rings is 1.